The van der Waals surface area contributed by atoms with Crippen LogP contribution in [0.25, 0.3) is 31.8 Å². The van der Waals surface area contributed by atoms with Crippen LogP contribution in [0.15, 0.2) is 57.7 Å². The van der Waals surface area contributed by atoms with Crippen molar-refractivity contribution in [2.24, 2.45) is 0 Å². The molecule has 1 N–H and O–H groups in total. The zero-order valence-electron chi connectivity index (χ0n) is 21.5. The Morgan fingerprint density at radius 1 is 1.00 bits per heavy atom. The highest BCUT2D eigenvalue weighted by Crippen LogP contribution is 2.30. The average molecular weight is 540 g/mol. The second kappa shape index (κ2) is 12.7. The molecule has 0 radical (unpaired) electrons. The van der Waals surface area contributed by atoms with Crippen LogP contribution in [0.3, 0.4) is 0 Å². The Kier molecular flexibility index (Phi) is 9.09. The van der Waals surface area contributed by atoms with E-state index in [0.29, 0.717) is 54.7 Å². The number of rotatable bonds is 12. The van der Waals surface area contributed by atoms with Gasteiger partial charge in [0.2, 0.25) is 5.52 Å². The lowest BCUT2D eigenvalue weighted by Gasteiger charge is -2.24. The maximum Gasteiger partial charge on any atom is 0.351 e. The Balaban J connectivity index is 1.68. The van der Waals surface area contributed by atoms with E-state index in [-0.39, 0.29) is 31.4 Å². The SMILES string of the molecule is CCOC(=O)CCN(CCC(=O)OCC)c1ccc2cc(-c3sc4ccccc4[n+]3CCO)c(=O)oc2c1. The number of benzene rings is 2. The molecule has 0 aliphatic rings. The normalized spacial score (nSPS) is 11.1. The lowest BCUT2D eigenvalue weighted by Crippen LogP contribution is -2.37. The van der Waals surface area contributed by atoms with Gasteiger partial charge in [-0.2, -0.15) is 4.57 Å². The molecular formula is C28H31N2O7S+. The molecule has 0 fully saturated rings. The van der Waals surface area contributed by atoms with Gasteiger partial charge >= 0.3 is 17.6 Å². The third kappa shape index (κ3) is 6.20. The molecule has 10 heteroatoms. The maximum atomic E-state index is 13.2. The van der Waals surface area contributed by atoms with Gasteiger partial charge < -0.3 is 23.9 Å². The minimum absolute atomic E-state index is 0.0614. The number of para-hydroxylation sites is 1. The van der Waals surface area contributed by atoms with Crippen molar-refractivity contribution >= 4 is 50.1 Å². The van der Waals surface area contributed by atoms with Gasteiger partial charge in [-0.15, -0.1) is 0 Å². The first-order valence-electron chi connectivity index (χ1n) is 12.6. The highest BCUT2D eigenvalue weighted by molar-refractivity contribution is 7.21. The van der Waals surface area contributed by atoms with Gasteiger partial charge in [0.15, 0.2) is 6.54 Å². The number of hydrogen-bond acceptors (Lipinski definition) is 9. The molecule has 200 valence electrons. The number of hydrogen-bond donors (Lipinski definition) is 1. The van der Waals surface area contributed by atoms with Crippen LogP contribution in [0.5, 0.6) is 0 Å². The van der Waals surface area contributed by atoms with Crippen LogP contribution in [0.4, 0.5) is 5.69 Å². The molecule has 0 atom stereocenters. The molecule has 0 unspecified atom stereocenters. The second-order valence-corrected chi connectivity index (χ2v) is 9.55. The summed E-state index contributed by atoms with van der Waals surface area (Å²) in [5.41, 5.74) is 1.97. The number of anilines is 1. The van der Waals surface area contributed by atoms with E-state index >= 15 is 0 Å². The van der Waals surface area contributed by atoms with Crippen molar-refractivity contribution in [1.82, 2.24) is 0 Å². The van der Waals surface area contributed by atoms with E-state index in [4.69, 9.17) is 13.9 Å². The fourth-order valence-electron chi connectivity index (χ4n) is 4.29. The molecule has 0 saturated carbocycles. The molecule has 2 aromatic carbocycles. The van der Waals surface area contributed by atoms with E-state index in [1.54, 1.807) is 26.0 Å². The van der Waals surface area contributed by atoms with E-state index < -0.39 is 5.63 Å². The molecule has 2 aromatic heterocycles. The lowest BCUT2D eigenvalue weighted by molar-refractivity contribution is -0.658. The Labute approximate surface area is 223 Å². The molecule has 0 bridgehead atoms. The number of aliphatic hydroxyl groups excluding tert-OH is 1. The van der Waals surface area contributed by atoms with Crippen molar-refractivity contribution in [3.05, 3.63) is 59.0 Å². The van der Waals surface area contributed by atoms with Gasteiger partial charge in [-0.1, -0.05) is 23.5 Å². The van der Waals surface area contributed by atoms with E-state index in [2.05, 4.69) is 0 Å². The summed E-state index contributed by atoms with van der Waals surface area (Å²) in [5, 5.41) is 11.1. The monoisotopic (exact) mass is 539 g/mol. The van der Waals surface area contributed by atoms with Gasteiger partial charge in [-0.05, 0) is 38.1 Å². The van der Waals surface area contributed by atoms with Crippen LogP contribution >= 0.6 is 11.3 Å². The number of ether oxygens (including phenoxy) is 2. The quantitative estimate of drug-likeness (QED) is 0.165. The highest BCUT2D eigenvalue weighted by Gasteiger charge is 2.25. The number of aliphatic hydroxyl groups is 1. The van der Waals surface area contributed by atoms with Crippen molar-refractivity contribution in [3.63, 3.8) is 0 Å². The first-order chi connectivity index (χ1) is 18.4. The van der Waals surface area contributed by atoms with Crippen molar-refractivity contribution in [3.8, 4) is 10.6 Å². The molecule has 0 saturated heterocycles. The van der Waals surface area contributed by atoms with Gasteiger partial charge in [-0.3, -0.25) is 9.59 Å². The van der Waals surface area contributed by atoms with Gasteiger partial charge in [-0.25, -0.2) is 4.79 Å². The van der Waals surface area contributed by atoms with Gasteiger partial charge in [0.05, 0.1) is 26.1 Å². The van der Waals surface area contributed by atoms with Gasteiger partial charge in [0.1, 0.15) is 22.5 Å². The summed E-state index contributed by atoms with van der Waals surface area (Å²) >= 11 is 1.47. The van der Waals surface area contributed by atoms with E-state index in [9.17, 15) is 19.5 Å². The minimum Gasteiger partial charge on any atom is -0.466 e. The number of esters is 2. The Bertz CT molecular complexity index is 1470. The summed E-state index contributed by atoms with van der Waals surface area (Å²) < 4.78 is 18.8. The van der Waals surface area contributed by atoms with Crippen LogP contribution in [0.2, 0.25) is 0 Å². The summed E-state index contributed by atoms with van der Waals surface area (Å²) in [6.07, 6.45) is 0.294. The third-order valence-electron chi connectivity index (χ3n) is 6.03. The van der Waals surface area contributed by atoms with Crippen LogP contribution in [-0.2, 0) is 25.6 Å². The fourth-order valence-corrected chi connectivity index (χ4v) is 5.48. The summed E-state index contributed by atoms with van der Waals surface area (Å²) in [6, 6.07) is 15.1. The molecule has 4 aromatic rings. The Morgan fingerprint density at radius 2 is 1.68 bits per heavy atom. The summed E-state index contributed by atoms with van der Waals surface area (Å²) in [7, 11) is 0. The van der Waals surface area contributed by atoms with E-state index in [1.165, 1.54) is 11.3 Å². The largest absolute Gasteiger partial charge is 0.466 e. The summed E-state index contributed by atoms with van der Waals surface area (Å²) in [4.78, 5) is 39.0. The number of carbonyl (C=O) groups is 2. The lowest BCUT2D eigenvalue weighted by atomic mass is 10.1. The van der Waals surface area contributed by atoms with E-state index in [0.717, 1.165) is 15.6 Å². The van der Waals surface area contributed by atoms with Crippen LogP contribution < -0.4 is 15.1 Å². The van der Waals surface area contributed by atoms with Crippen molar-refractivity contribution in [2.75, 3.05) is 37.8 Å². The number of fused-ring (bicyclic) bond motifs is 2. The Morgan fingerprint density at radius 3 is 2.34 bits per heavy atom. The number of aromatic nitrogens is 1. The summed E-state index contributed by atoms with van der Waals surface area (Å²) in [5.74, 6) is -0.657. The van der Waals surface area contributed by atoms with E-state index in [1.807, 2.05) is 45.9 Å². The molecule has 0 aliphatic heterocycles. The van der Waals surface area contributed by atoms with Gasteiger partial charge in [0.25, 0.3) is 5.01 Å². The molecular weight excluding hydrogens is 508 g/mol. The number of carbonyl (C=O) groups excluding carboxylic acids is 2. The molecule has 0 amide bonds. The molecule has 0 spiro atoms. The molecule has 38 heavy (non-hydrogen) atoms. The molecule has 4 rings (SSSR count). The number of nitrogens with zero attached hydrogens (tertiary/aromatic N) is 2. The summed E-state index contributed by atoms with van der Waals surface area (Å²) in [6.45, 7) is 5.04. The maximum absolute atomic E-state index is 13.2. The van der Waals surface area contributed by atoms with Crippen molar-refractivity contribution in [1.29, 1.82) is 0 Å². The molecule has 2 heterocycles. The molecule has 9 nitrogen and oxygen atoms in total. The zero-order chi connectivity index (χ0) is 27.1. The smallest absolute Gasteiger partial charge is 0.351 e. The van der Waals surface area contributed by atoms with Crippen molar-refractivity contribution < 1.29 is 33.2 Å². The zero-order valence-corrected chi connectivity index (χ0v) is 22.3. The number of thiazole rings is 1. The molecule has 0 aliphatic carbocycles. The van der Waals surface area contributed by atoms with Gasteiger partial charge in [0, 0.05) is 36.3 Å². The van der Waals surface area contributed by atoms with Crippen LogP contribution in [-0.4, -0.2) is 50.0 Å². The highest BCUT2D eigenvalue weighted by atomic mass is 32.1. The first-order valence-corrected chi connectivity index (χ1v) is 13.4. The Hall–Kier alpha value is -3.76. The van der Waals surface area contributed by atoms with Crippen LogP contribution in [0.1, 0.15) is 26.7 Å². The average Bonchev–Trinajstić information content (AvgIpc) is 3.26. The fraction of sp³-hybridized carbons (Fsp3) is 0.357. The van der Waals surface area contributed by atoms with Crippen molar-refractivity contribution in [2.45, 2.75) is 33.2 Å². The first kappa shape index (κ1) is 27.3. The minimum atomic E-state index is -0.488. The topological polar surface area (TPSA) is 110 Å². The predicted molar refractivity (Wildman–Crippen MR) is 145 cm³/mol. The predicted octanol–water partition coefficient (Wildman–Crippen LogP) is 3.67. The standard InChI is InChI=1S/C28H31N2O7S/c1-3-35-25(32)11-13-29(14-12-26(33)36-4-2)20-10-9-19-17-21(28(34)37-23(19)18-20)27-30(15-16-31)22-7-5-6-8-24(22)38-27/h5-10,17-18,31H,3-4,11-16H2,1-2H3/q+1. The van der Waals surface area contributed by atoms with Crippen LogP contribution in [0, 0.1) is 0 Å². The second-order valence-electron chi connectivity index (χ2n) is 8.52. The third-order valence-corrected chi connectivity index (χ3v) is 7.23.